The molecule has 0 saturated heterocycles. The predicted octanol–water partition coefficient (Wildman–Crippen LogP) is 3.83. The molecule has 1 N–H and O–H groups in total. The first-order valence-electron chi connectivity index (χ1n) is 7.60. The third kappa shape index (κ3) is 4.18. The number of thiazole rings is 1. The Kier molecular flexibility index (Phi) is 5.64. The summed E-state index contributed by atoms with van der Waals surface area (Å²) in [6.07, 6.45) is 6.80. The molecule has 1 saturated carbocycles. The second kappa shape index (κ2) is 7.25. The first-order chi connectivity index (χ1) is 9.20. The molecule has 1 aromatic heterocycles. The van der Waals surface area contributed by atoms with Crippen LogP contribution in [0.3, 0.4) is 0 Å². The van der Waals surface area contributed by atoms with E-state index in [1.54, 1.807) is 11.3 Å². The van der Waals surface area contributed by atoms with Crippen molar-refractivity contribution in [2.45, 2.75) is 52.0 Å². The van der Waals surface area contributed by atoms with Gasteiger partial charge in [-0.05, 0) is 38.6 Å². The summed E-state index contributed by atoms with van der Waals surface area (Å²) in [6.45, 7) is 6.63. The summed E-state index contributed by atoms with van der Waals surface area (Å²) in [5, 5.41) is 6.87. The first kappa shape index (κ1) is 14.8. The Bertz CT molecular complexity index is 371. The molecule has 0 bridgehead atoms. The van der Waals surface area contributed by atoms with Gasteiger partial charge in [0.2, 0.25) is 0 Å². The first-order valence-corrected chi connectivity index (χ1v) is 8.48. The van der Waals surface area contributed by atoms with Gasteiger partial charge < -0.3 is 10.2 Å². The highest BCUT2D eigenvalue weighted by atomic mass is 32.1. The molecule has 1 aromatic rings. The smallest absolute Gasteiger partial charge is 0.185 e. The fourth-order valence-electron chi connectivity index (χ4n) is 2.77. The molecule has 1 fully saturated rings. The van der Waals surface area contributed by atoms with Crippen LogP contribution < -0.4 is 10.2 Å². The van der Waals surface area contributed by atoms with Gasteiger partial charge >= 0.3 is 0 Å². The van der Waals surface area contributed by atoms with Crippen LogP contribution in [-0.4, -0.2) is 25.1 Å². The van der Waals surface area contributed by atoms with Gasteiger partial charge in [0.15, 0.2) is 5.13 Å². The summed E-state index contributed by atoms with van der Waals surface area (Å²) in [5.74, 6) is 0.882. The van der Waals surface area contributed by atoms with Crippen LogP contribution in [-0.2, 0) is 0 Å². The number of aromatic nitrogens is 1. The van der Waals surface area contributed by atoms with Gasteiger partial charge in [-0.1, -0.05) is 19.8 Å². The molecule has 108 valence electrons. The third-order valence-corrected chi connectivity index (χ3v) is 4.96. The van der Waals surface area contributed by atoms with Gasteiger partial charge in [-0.15, -0.1) is 11.3 Å². The van der Waals surface area contributed by atoms with Gasteiger partial charge in [0.05, 0.1) is 5.69 Å². The summed E-state index contributed by atoms with van der Waals surface area (Å²) in [6, 6.07) is 0.366. The lowest BCUT2D eigenvalue weighted by Gasteiger charge is -2.20. The summed E-state index contributed by atoms with van der Waals surface area (Å²) < 4.78 is 0. The van der Waals surface area contributed by atoms with Crippen molar-refractivity contribution in [2.75, 3.05) is 25.0 Å². The summed E-state index contributed by atoms with van der Waals surface area (Å²) in [7, 11) is 2.19. The molecule has 2 rings (SSSR count). The lowest BCUT2D eigenvalue weighted by molar-refractivity contribution is 0.543. The van der Waals surface area contributed by atoms with Gasteiger partial charge in [0.1, 0.15) is 0 Å². The highest BCUT2D eigenvalue weighted by molar-refractivity contribution is 7.13. The Morgan fingerprint density at radius 3 is 2.89 bits per heavy atom. The molecule has 3 nitrogen and oxygen atoms in total. The molecular weight excluding hydrogens is 254 g/mol. The zero-order valence-corrected chi connectivity index (χ0v) is 13.3. The number of hydrogen-bond acceptors (Lipinski definition) is 4. The van der Waals surface area contributed by atoms with Crippen LogP contribution in [0.2, 0.25) is 0 Å². The van der Waals surface area contributed by atoms with Crippen molar-refractivity contribution in [1.82, 2.24) is 10.3 Å². The topological polar surface area (TPSA) is 28.2 Å². The van der Waals surface area contributed by atoms with Gasteiger partial charge in [-0.2, -0.15) is 0 Å². The zero-order valence-electron chi connectivity index (χ0n) is 12.5. The van der Waals surface area contributed by atoms with E-state index < -0.39 is 0 Å². The molecular formula is C15H27N3S. The normalized spacial score (nSPS) is 17.8. The number of rotatable bonds is 7. The average molecular weight is 281 g/mol. The lowest BCUT2D eigenvalue weighted by atomic mass is 10.1. The molecule has 19 heavy (non-hydrogen) atoms. The van der Waals surface area contributed by atoms with Gasteiger partial charge in [0, 0.05) is 25.0 Å². The number of anilines is 1. The largest absolute Gasteiger partial charge is 0.351 e. The maximum atomic E-state index is 4.79. The Morgan fingerprint density at radius 2 is 2.21 bits per heavy atom. The Labute approximate surface area is 121 Å². The van der Waals surface area contributed by atoms with Crippen LogP contribution in [0.5, 0.6) is 0 Å². The van der Waals surface area contributed by atoms with Gasteiger partial charge in [0.25, 0.3) is 0 Å². The lowest BCUT2D eigenvalue weighted by Crippen LogP contribution is -2.24. The average Bonchev–Trinajstić information content (AvgIpc) is 3.06. The van der Waals surface area contributed by atoms with Crippen molar-refractivity contribution >= 4 is 16.5 Å². The second-order valence-corrected chi connectivity index (χ2v) is 6.60. The van der Waals surface area contributed by atoms with E-state index in [4.69, 9.17) is 4.98 Å². The van der Waals surface area contributed by atoms with Crippen LogP contribution in [0, 0.1) is 5.92 Å². The van der Waals surface area contributed by atoms with Gasteiger partial charge in [-0.3, -0.25) is 0 Å². The molecule has 4 heteroatoms. The molecule has 1 aliphatic carbocycles. The Morgan fingerprint density at radius 1 is 1.47 bits per heavy atom. The van der Waals surface area contributed by atoms with Gasteiger partial charge in [-0.25, -0.2) is 4.98 Å². The number of hydrogen-bond donors (Lipinski definition) is 1. The second-order valence-electron chi connectivity index (χ2n) is 5.76. The minimum absolute atomic E-state index is 0.366. The van der Waals surface area contributed by atoms with Crippen molar-refractivity contribution < 1.29 is 0 Å². The van der Waals surface area contributed by atoms with Crippen molar-refractivity contribution in [3.8, 4) is 0 Å². The highest BCUT2D eigenvalue weighted by Gasteiger charge is 2.19. The minimum atomic E-state index is 0.366. The van der Waals surface area contributed by atoms with Crippen LogP contribution in [0.25, 0.3) is 0 Å². The molecule has 0 amide bonds. The molecule has 1 heterocycles. The minimum Gasteiger partial charge on any atom is -0.351 e. The van der Waals surface area contributed by atoms with Crippen LogP contribution in [0.15, 0.2) is 5.38 Å². The van der Waals surface area contributed by atoms with Crippen molar-refractivity contribution in [2.24, 2.45) is 5.92 Å². The molecule has 0 aliphatic heterocycles. The molecule has 0 radical (unpaired) electrons. The third-order valence-electron chi connectivity index (χ3n) is 3.99. The Balaban J connectivity index is 1.88. The molecule has 1 atom stereocenters. The molecule has 1 unspecified atom stereocenters. The SMILES string of the molecule is CCCNC(C)c1csc(N(C)CC2CCCC2)n1. The fraction of sp³-hybridized carbons (Fsp3) is 0.800. The predicted molar refractivity (Wildman–Crippen MR) is 84.1 cm³/mol. The fourth-order valence-corrected chi connectivity index (χ4v) is 3.67. The Hall–Kier alpha value is -0.610. The van der Waals surface area contributed by atoms with E-state index in [9.17, 15) is 0 Å². The molecule has 1 aliphatic rings. The van der Waals surface area contributed by atoms with E-state index in [-0.39, 0.29) is 0 Å². The summed E-state index contributed by atoms with van der Waals surface area (Å²) >= 11 is 1.78. The molecule has 0 aromatic carbocycles. The summed E-state index contributed by atoms with van der Waals surface area (Å²) in [5.41, 5.74) is 1.19. The summed E-state index contributed by atoms with van der Waals surface area (Å²) in [4.78, 5) is 7.13. The van der Waals surface area contributed by atoms with E-state index in [1.165, 1.54) is 49.5 Å². The van der Waals surface area contributed by atoms with Crippen molar-refractivity contribution in [3.05, 3.63) is 11.1 Å². The van der Waals surface area contributed by atoms with Crippen molar-refractivity contribution in [1.29, 1.82) is 0 Å². The maximum absolute atomic E-state index is 4.79. The van der Waals surface area contributed by atoms with E-state index in [0.717, 1.165) is 12.5 Å². The maximum Gasteiger partial charge on any atom is 0.185 e. The van der Waals surface area contributed by atoms with E-state index in [2.05, 4.69) is 36.5 Å². The zero-order chi connectivity index (χ0) is 13.7. The van der Waals surface area contributed by atoms with E-state index in [1.807, 2.05) is 0 Å². The molecule has 0 spiro atoms. The highest BCUT2D eigenvalue weighted by Crippen LogP contribution is 2.29. The van der Waals surface area contributed by atoms with Crippen molar-refractivity contribution in [3.63, 3.8) is 0 Å². The van der Waals surface area contributed by atoms with Crippen LogP contribution in [0.4, 0.5) is 5.13 Å². The van der Waals surface area contributed by atoms with E-state index in [0.29, 0.717) is 6.04 Å². The van der Waals surface area contributed by atoms with Crippen LogP contribution in [0.1, 0.15) is 57.7 Å². The quantitative estimate of drug-likeness (QED) is 0.823. The van der Waals surface area contributed by atoms with Crippen LogP contribution >= 0.6 is 11.3 Å². The monoisotopic (exact) mass is 281 g/mol. The van der Waals surface area contributed by atoms with E-state index >= 15 is 0 Å². The number of nitrogens with one attached hydrogen (secondary N) is 1. The standard InChI is InChI=1S/C15H27N3S/c1-4-9-16-12(2)14-11-19-15(17-14)18(3)10-13-7-5-6-8-13/h11-13,16H,4-10H2,1-3H3. The number of nitrogens with zero attached hydrogens (tertiary/aromatic N) is 2.